The SMILES string of the molecule is O=C(CC[C@H]1NC(=O)N(Cc2ccco2)C1=O)NCCc1ccc(Cl)cc1. The Labute approximate surface area is 161 Å². The van der Waals surface area contributed by atoms with Gasteiger partial charge >= 0.3 is 6.03 Å². The van der Waals surface area contributed by atoms with E-state index in [1.165, 1.54) is 6.26 Å². The first kappa shape index (κ1) is 19.0. The third-order valence-electron chi connectivity index (χ3n) is 4.31. The van der Waals surface area contributed by atoms with Crippen LogP contribution in [-0.4, -0.2) is 35.3 Å². The van der Waals surface area contributed by atoms with Crippen molar-refractivity contribution in [2.75, 3.05) is 6.54 Å². The van der Waals surface area contributed by atoms with Crippen LogP contribution < -0.4 is 10.6 Å². The van der Waals surface area contributed by atoms with Gasteiger partial charge in [-0.15, -0.1) is 0 Å². The molecule has 2 heterocycles. The van der Waals surface area contributed by atoms with E-state index in [0.29, 0.717) is 23.7 Å². The Bertz CT molecular complexity index is 805. The Morgan fingerprint density at radius 2 is 2.00 bits per heavy atom. The third kappa shape index (κ3) is 5.10. The fraction of sp³-hybridized carbons (Fsp3) is 0.316. The molecule has 0 radical (unpaired) electrons. The molecule has 27 heavy (non-hydrogen) atoms. The summed E-state index contributed by atoms with van der Waals surface area (Å²) in [6, 6.07) is 9.67. The van der Waals surface area contributed by atoms with E-state index in [0.717, 1.165) is 10.5 Å². The van der Waals surface area contributed by atoms with Gasteiger partial charge in [-0.05, 0) is 42.7 Å². The van der Waals surface area contributed by atoms with Gasteiger partial charge in [0.2, 0.25) is 5.91 Å². The van der Waals surface area contributed by atoms with E-state index in [4.69, 9.17) is 16.0 Å². The smallest absolute Gasteiger partial charge is 0.325 e. The van der Waals surface area contributed by atoms with E-state index in [2.05, 4.69) is 10.6 Å². The molecule has 1 aliphatic rings. The number of benzene rings is 1. The molecule has 0 aliphatic carbocycles. The molecule has 0 spiro atoms. The maximum Gasteiger partial charge on any atom is 0.325 e. The first-order valence-corrected chi connectivity index (χ1v) is 9.06. The van der Waals surface area contributed by atoms with Crippen LogP contribution in [0, 0.1) is 0 Å². The zero-order valence-corrected chi connectivity index (χ0v) is 15.4. The number of furan rings is 1. The minimum atomic E-state index is -0.686. The highest BCUT2D eigenvalue weighted by Crippen LogP contribution is 2.15. The summed E-state index contributed by atoms with van der Waals surface area (Å²) in [6.45, 7) is 0.581. The lowest BCUT2D eigenvalue weighted by molar-refractivity contribution is -0.128. The number of urea groups is 1. The van der Waals surface area contributed by atoms with Crippen LogP contribution in [0.1, 0.15) is 24.2 Å². The van der Waals surface area contributed by atoms with E-state index in [-0.39, 0.29) is 31.2 Å². The topological polar surface area (TPSA) is 91.7 Å². The van der Waals surface area contributed by atoms with Crippen molar-refractivity contribution < 1.29 is 18.8 Å². The van der Waals surface area contributed by atoms with Gasteiger partial charge in [0.05, 0.1) is 12.8 Å². The van der Waals surface area contributed by atoms with Gasteiger partial charge in [-0.25, -0.2) is 4.79 Å². The quantitative estimate of drug-likeness (QED) is 0.678. The summed E-state index contributed by atoms with van der Waals surface area (Å²) in [5.74, 6) is 0.0277. The van der Waals surface area contributed by atoms with Crippen molar-refractivity contribution in [1.29, 1.82) is 0 Å². The van der Waals surface area contributed by atoms with Gasteiger partial charge in [0.25, 0.3) is 5.91 Å². The number of halogens is 1. The number of carbonyl (C=O) groups excluding carboxylic acids is 3. The first-order chi connectivity index (χ1) is 13.0. The van der Waals surface area contributed by atoms with E-state index in [1.807, 2.05) is 24.3 Å². The Balaban J connectivity index is 1.40. The fourth-order valence-corrected chi connectivity index (χ4v) is 2.97. The summed E-state index contributed by atoms with van der Waals surface area (Å²) in [7, 11) is 0. The molecule has 3 rings (SSSR count). The molecule has 0 saturated carbocycles. The fourth-order valence-electron chi connectivity index (χ4n) is 2.84. The lowest BCUT2D eigenvalue weighted by atomic mass is 10.1. The standard InChI is InChI=1S/C19H20ClN3O4/c20-14-5-3-13(4-6-14)9-10-21-17(24)8-7-16-18(25)23(19(26)22-16)12-15-2-1-11-27-15/h1-6,11,16H,7-10,12H2,(H,21,24)(H,22,26)/t16-/m1/s1. The molecule has 0 bridgehead atoms. The Morgan fingerprint density at radius 3 is 2.70 bits per heavy atom. The molecule has 1 fully saturated rings. The van der Waals surface area contributed by atoms with E-state index in [9.17, 15) is 14.4 Å². The summed E-state index contributed by atoms with van der Waals surface area (Å²) in [4.78, 5) is 37.4. The average Bonchev–Trinajstić information content (AvgIpc) is 3.25. The van der Waals surface area contributed by atoms with Crippen LogP contribution in [0.15, 0.2) is 47.1 Å². The third-order valence-corrected chi connectivity index (χ3v) is 4.56. The summed E-state index contributed by atoms with van der Waals surface area (Å²) < 4.78 is 5.17. The summed E-state index contributed by atoms with van der Waals surface area (Å²) in [5, 5.41) is 6.10. The van der Waals surface area contributed by atoms with Crippen LogP contribution in [-0.2, 0) is 22.6 Å². The molecular formula is C19H20ClN3O4. The maximum atomic E-state index is 12.3. The van der Waals surface area contributed by atoms with Gasteiger partial charge in [0, 0.05) is 18.0 Å². The van der Waals surface area contributed by atoms with Crippen molar-refractivity contribution in [1.82, 2.24) is 15.5 Å². The second kappa shape index (κ2) is 8.73. The minimum Gasteiger partial charge on any atom is -0.467 e. The first-order valence-electron chi connectivity index (χ1n) is 8.68. The molecule has 142 valence electrons. The van der Waals surface area contributed by atoms with Crippen LogP contribution in [0.5, 0.6) is 0 Å². The highest BCUT2D eigenvalue weighted by molar-refractivity contribution is 6.30. The molecule has 7 nitrogen and oxygen atoms in total. The summed E-state index contributed by atoms with van der Waals surface area (Å²) in [6.07, 6.45) is 2.59. The number of hydrogen-bond donors (Lipinski definition) is 2. The number of rotatable bonds is 8. The van der Waals surface area contributed by atoms with Crippen LogP contribution in [0.4, 0.5) is 4.79 Å². The lowest BCUT2D eigenvalue weighted by Crippen LogP contribution is -2.33. The van der Waals surface area contributed by atoms with Gasteiger partial charge < -0.3 is 15.1 Å². The number of hydrogen-bond acceptors (Lipinski definition) is 4. The van der Waals surface area contributed by atoms with E-state index < -0.39 is 12.1 Å². The highest BCUT2D eigenvalue weighted by Gasteiger charge is 2.38. The molecular weight excluding hydrogens is 370 g/mol. The summed E-state index contributed by atoms with van der Waals surface area (Å²) >= 11 is 5.84. The molecule has 1 aromatic heterocycles. The van der Waals surface area contributed by atoms with Gasteiger partial charge in [0.1, 0.15) is 11.8 Å². The molecule has 1 saturated heterocycles. The predicted molar refractivity (Wildman–Crippen MR) is 99.0 cm³/mol. The lowest BCUT2D eigenvalue weighted by Gasteiger charge is -2.11. The normalized spacial score (nSPS) is 16.5. The van der Waals surface area contributed by atoms with Crippen LogP contribution in [0.25, 0.3) is 0 Å². The highest BCUT2D eigenvalue weighted by atomic mass is 35.5. The molecule has 8 heteroatoms. The maximum absolute atomic E-state index is 12.3. The van der Waals surface area contributed by atoms with Crippen molar-refractivity contribution in [3.63, 3.8) is 0 Å². The largest absolute Gasteiger partial charge is 0.467 e. The molecule has 1 aliphatic heterocycles. The zero-order chi connectivity index (χ0) is 19.2. The van der Waals surface area contributed by atoms with Crippen molar-refractivity contribution in [3.05, 3.63) is 59.0 Å². The van der Waals surface area contributed by atoms with Gasteiger partial charge in [-0.2, -0.15) is 0 Å². The summed E-state index contributed by atoms with van der Waals surface area (Å²) in [5.41, 5.74) is 1.08. The van der Waals surface area contributed by atoms with Crippen molar-refractivity contribution in [2.24, 2.45) is 0 Å². The van der Waals surface area contributed by atoms with Crippen LogP contribution in [0.2, 0.25) is 5.02 Å². The van der Waals surface area contributed by atoms with Gasteiger partial charge in [-0.1, -0.05) is 23.7 Å². The monoisotopic (exact) mass is 389 g/mol. The molecule has 1 aromatic carbocycles. The zero-order valence-electron chi connectivity index (χ0n) is 14.6. The molecule has 0 unspecified atom stereocenters. The Kier molecular flexibility index (Phi) is 6.13. The van der Waals surface area contributed by atoms with Crippen molar-refractivity contribution in [3.8, 4) is 0 Å². The van der Waals surface area contributed by atoms with Crippen LogP contribution in [0.3, 0.4) is 0 Å². The van der Waals surface area contributed by atoms with Gasteiger partial charge in [0.15, 0.2) is 0 Å². The molecule has 4 amide bonds. The van der Waals surface area contributed by atoms with Crippen LogP contribution >= 0.6 is 11.6 Å². The predicted octanol–water partition coefficient (Wildman–Crippen LogP) is 2.49. The Hall–Kier alpha value is -2.80. The number of amides is 4. The minimum absolute atomic E-state index is 0.0848. The van der Waals surface area contributed by atoms with Crippen molar-refractivity contribution in [2.45, 2.75) is 31.8 Å². The number of imide groups is 1. The second-order valence-electron chi connectivity index (χ2n) is 6.27. The number of carbonyl (C=O) groups is 3. The van der Waals surface area contributed by atoms with E-state index in [1.54, 1.807) is 12.1 Å². The average molecular weight is 390 g/mol. The van der Waals surface area contributed by atoms with E-state index >= 15 is 0 Å². The molecule has 2 aromatic rings. The van der Waals surface area contributed by atoms with Crippen molar-refractivity contribution >= 4 is 29.4 Å². The second-order valence-corrected chi connectivity index (χ2v) is 6.71. The molecule has 1 atom stereocenters. The number of nitrogens with zero attached hydrogens (tertiary/aromatic N) is 1. The number of nitrogens with one attached hydrogen (secondary N) is 2. The molecule has 2 N–H and O–H groups in total. The Morgan fingerprint density at radius 1 is 1.22 bits per heavy atom. The van der Waals surface area contributed by atoms with Gasteiger partial charge in [-0.3, -0.25) is 14.5 Å².